The summed E-state index contributed by atoms with van der Waals surface area (Å²) in [6.07, 6.45) is -0.733. The van der Waals surface area contributed by atoms with Crippen LogP contribution in [0.4, 0.5) is 5.82 Å². The number of carbonyl (C=O) groups excluding carboxylic acids is 2. The molecule has 0 fully saturated rings. The Kier molecular flexibility index (Phi) is 12.0. The zero-order chi connectivity index (χ0) is 16.1. The Balaban J connectivity index is 0.00000264. The summed E-state index contributed by atoms with van der Waals surface area (Å²) in [7, 11) is 0. The van der Waals surface area contributed by atoms with Crippen LogP contribution in [0.1, 0.15) is 18.4 Å². The van der Waals surface area contributed by atoms with Gasteiger partial charge in [0.2, 0.25) is 0 Å². The summed E-state index contributed by atoms with van der Waals surface area (Å²) >= 11 is 0. The van der Waals surface area contributed by atoms with Crippen LogP contribution < -0.4 is 118 Å². The summed E-state index contributed by atoms with van der Waals surface area (Å²) in [4.78, 5) is 25.6. The van der Waals surface area contributed by atoms with Gasteiger partial charge in [0.05, 0.1) is 17.2 Å². The van der Waals surface area contributed by atoms with E-state index >= 15 is 0 Å². The standard InChI is InChI=1S/C15H15N3O4.2K/c1-9-8-13(16-11-5-3-2-4-10(9)11)18-17-12(15(21)22)6-7-14(19)20;;/h2-5,8H,6-7H2,1H3,(H,16,18)(H,19,20)(H,21,22);;/q;2*+1/p-2. The first kappa shape index (κ1) is 24.3. The molecule has 0 saturated heterocycles. The number of anilines is 1. The summed E-state index contributed by atoms with van der Waals surface area (Å²) < 4.78 is 0. The first-order chi connectivity index (χ1) is 10.5. The molecule has 0 radical (unpaired) electrons. The minimum atomic E-state index is -1.54. The second kappa shape index (κ2) is 11.8. The molecular formula is C15H13K2N3O4. The van der Waals surface area contributed by atoms with Gasteiger partial charge in [-0.1, -0.05) is 18.2 Å². The second-order valence-corrected chi connectivity index (χ2v) is 4.67. The third-order valence-corrected chi connectivity index (χ3v) is 3.03. The number of rotatable bonds is 6. The van der Waals surface area contributed by atoms with Crippen LogP contribution in [-0.4, -0.2) is 22.6 Å². The number of aromatic nitrogens is 1. The number of nitrogens with one attached hydrogen (secondary N) is 1. The molecule has 24 heavy (non-hydrogen) atoms. The average molecular weight is 377 g/mol. The Morgan fingerprint density at radius 1 is 1.17 bits per heavy atom. The van der Waals surface area contributed by atoms with Crippen molar-refractivity contribution in [2.24, 2.45) is 5.10 Å². The minimum absolute atomic E-state index is 0. The summed E-state index contributed by atoms with van der Waals surface area (Å²) in [5.74, 6) is -2.52. The van der Waals surface area contributed by atoms with Crippen molar-refractivity contribution in [3.63, 3.8) is 0 Å². The predicted molar refractivity (Wildman–Crippen MR) is 76.8 cm³/mol. The van der Waals surface area contributed by atoms with Gasteiger partial charge in [0, 0.05) is 11.4 Å². The molecule has 1 N–H and O–H groups in total. The van der Waals surface area contributed by atoms with E-state index in [1.54, 1.807) is 6.07 Å². The fourth-order valence-corrected chi connectivity index (χ4v) is 1.96. The molecule has 2 rings (SSSR count). The number of para-hydroxylation sites is 1. The Hall–Kier alpha value is 0.313. The van der Waals surface area contributed by atoms with Crippen molar-refractivity contribution in [3.05, 3.63) is 35.9 Å². The van der Waals surface area contributed by atoms with E-state index in [0.29, 0.717) is 5.82 Å². The van der Waals surface area contributed by atoms with Crippen molar-refractivity contribution in [1.29, 1.82) is 0 Å². The maximum Gasteiger partial charge on any atom is 1.00 e. The monoisotopic (exact) mass is 377 g/mol. The predicted octanol–water partition coefficient (Wildman–Crippen LogP) is -6.40. The van der Waals surface area contributed by atoms with Crippen LogP contribution in [0, 0.1) is 6.92 Å². The van der Waals surface area contributed by atoms with Gasteiger partial charge >= 0.3 is 103 Å². The molecule has 0 spiro atoms. The minimum Gasteiger partial charge on any atom is -0.550 e. The summed E-state index contributed by atoms with van der Waals surface area (Å²) in [5.41, 5.74) is 3.81. The normalized spacial score (nSPS) is 10.5. The third-order valence-electron chi connectivity index (χ3n) is 3.03. The third kappa shape index (κ3) is 7.28. The quantitative estimate of drug-likeness (QED) is 0.304. The molecule has 0 amide bonds. The molecule has 0 unspecified atom stereocenters. The number of hydrogen-bond acceptors (Lipinski definition) is 7. The van der Waals surface area contributed by atoms with E-state index in [2.05, 4.69) is 15.5 Å². The molecule has 0 aliphatic rings. The van der Waals surface area contributed by atoms with Gasteiger partial charge in [-0.3, -0.25) is 5.43 Å². The van der Waals surface area contributed by atoms with Gasteiger partial charge in [0.1, 0.15) is 5.82 Å². The number of hydrazone groups is 1. The number of aryl methyl sites for hydroxylation is 1. The van der Waals surface area contributed by atoms with Crippen LogP contribution in [0.15, 0.2) is 35.4 Å². The molecule has 1 aromatic heterocycles. The molecular weight excluding hydrogens is 364 g/mol. The van der Waals surface area contributed by atoms with Crippen molar-refractivity contribution < 1.29 is 123 Å². The summed E-state index contributed by atoms with van der Waals surface area (Å²) in [5, 5.41) is 25.9. The summed E-state index contributed by atoms with van der Waals surface area (Å²) in [6.45, 7) is 1.90. The van der Waals surface area contributed by atoms with Crippen LogP contribution in [0.5, 0.6) is 0 Å². The first-order valence-electron chi connectivity index (χ1n) is 6.57. The van der Waals surface area contributed by atoms with Crippen molar-refractivity contribution in [1.82, 2.24) is 4.98 Å². The van der Waals surface area contributed by atoms with Gasteiger partial charge in [0.25, 0.3) is 0 Å². The topological polar surface area (TPSA) is 118 Å². The van der Waals surface area contributed by atoms with Crippen LogP contribution in [0.2, 0.25) is 0 Å². The van der Waals surface area contributed by atoms with Crippen LogP contribution in [0.25, 0.3) is 10.9 Å². The number of pyridine rings is 1. The molecule has 0 atom stereocenters. The van der Waals surface area contributed by atoms with Gasteiger partial charge in [-0.2, -0.15) is 5.10 Å². The van der Waals surface area contributed by atoms with Gasteiger partial charge in [-0.15, -0.1) is 0 Å². The van der Waals surface area contributed by atoms with Gasteiger partial charge in [0.15, 0.2) is 0 Å². The smallest absolute Gasteiger partial charge is 0.550 e. The number of hydrogen-bond donors (Lipinski definition) is 1. The van der Waals surface area contributed by atoms with E-state index in [4.69, 9.17) is 0 Å². The van der Waals surface area contributed by atoms with Crippen LogP contribution >= 0.6 is 0 Å². The molecule has 1 aromatic carbocycles. The van der Waals surface area contributed by atoms with Gasteiger partial charge in [-0.25, -0.2) is 4.98 Å². The number of aliphatic carboxylic acids is 2. The molecule has 1 heterocycles. The second-order valence-electron chi connectivity index (χ2n) is 4.67. The molecule has 7 nitrogen and oxygen atoms in total. The van der Waals surface area contributed by atoms with Gasteiger partial charge < -0.3 is 19.8 Å². The SMILES string of the molecule is Cc1cc(NN=C(CCC(=O)[O-])C(=O)[O-])nc2ccccc12.[K+].[K+]. The molecule has 0 aliphatic carbocycles. The van der Waals surface area contributed by atoms with E-state index in [9.17, 15) is 19.8 Å². The fraction of sp³-hybridized carbons (Fsp3) is 0.200. The molecule has 0 aliphatic heterocycles. The molecule has 0 bridgehead atoms. The maximum atomic E-state index is 10.9. The molecule has 9 heteroatoms. The number of benzene rings is 1. The Labute approximate surface area is 224 Å². The van der Waals surface area contributed by atoms with Crippen molar-refractivity contribution in [2.45, 2.75) is 19.8 Å². The fourth-order valence-electron chi connectivity index (χ4n) is 1.96. The number of carboxylic acids is 2. The maximum absolute atomic E-state index is 10.9. The van der Waals surface area contributed by atoms with Crippen molar-refractivity contribution >= 4 is 34.4 Å². The Bertz CT molecular complexity index is 765. The number of nitrogens with zero attached hydrogens (tertiary/aromatic N) is 2. The van der Waals surface area contributed by atoms with Gasteiger partial charge in [-0.05, 0) is 37.5 Å². The van der Waals surface area contributed by atoms with Crippen LogP contribution in [0.3, 0.4) is 0 Å². The van der Waals surface area contributed by atoms with Crippen LogP contribution in [-0.2, 0) is 9.59 Å². The Morgan fingerprint density at radius 3 is 2.46 bits per heavy atom. The van der Waals surface area contributed by atoms with E-state index in [0.717, 1.165) is 16.5 Å². The van der Waals surface area contributed by atoms with Crippen molar-refractivity contribution in [2.75, 3.05) is 5.43 Å². The molecule has 0 saturated carbocycles. The molecule has 114 valence electrons. The summed E-state index contributed by atoms with van der Waals surface area (Å²) in [6, 6.07) is 9.21. The van der Waals surface area contributed by atoms with E-state index in [1.165, 1.54) is 0 Å². The number of carbonyl (C=O) groups is 2. The number of carboxylic acid groups (broad SMARTS) is 2. The van der Waals surface area contributed by atoms with E-state index in [1.807, 2.05) is 31.2 Å². The van der Waals surface area contributed by atoms with E-state index < -0.39 is 24.1 Å². The number of fused-ring (bicyclic) bond motifs is 1. The Morgan fingerprint density at radius 2 is 1.83 bits per heavy atom. The largest absolute Gasteiger partial charge is 1.00 e. The molecule has 2 aromatic rings. The zero-order valence-electron chi connectivity index (χ0n) is 13.8. The first-order valence-corrected chi connectivity index (χ1v) is 6.57. The zero-order valence-corrected chi connectivity index (χ0v) is 20.1. The average Bonchev–Trinajstić information content (AvgIpc) is 2.46. The van der Waals surface area contributed by atoms with Crippen molar-refractivity contribution in [3.8, 4) is 0 Å². The van der Waals surface area contributed by atoms with E-state index in [-0.39, 0.29) is 109 Å².